The molecule has 6 rings (SSSR count). The van der Waals surface area contributed by atoms with Gasteiger partial charge in [0.15, 0.2) is 39.3 Å². The number of guanidine groups is 1. The van der Waals surface area contributed by atoms with Crippen molar-refractivity contribution in [2.45, 2.75) is 89.4 Å². The topological polar surface area (TPSA) is 220 Å². The standard InChI is InChI=1S/C24H32O4S.C6H8ClN7O.ClH/c1-14(25)29-19-13-15-12-16(26)4-8-22(15,2)17-5-9-23(3)18(21(17)19)6-10-24(23)11-7-20(27)28-24;7-2-4(9)13-3(8)1(12-2)5(15)14-6(10)11;/h12,17-19,21H,4-11,13H2,1-3H3;(H4,8,9,13)(H4,10,11,14,15);1H/t17-,18-,19+,21+,22-,23-,24+;;/m0../s1. The van der Waals surface area contributed by atoms with Gasteiger partial charge in [-0.05, 0) is 74.2 Å². The number of ketones is 1. The van der Waals surface area contributed by atoms with Gasteiger partial charge in [-0.3, -0.25) is 19.2 Å². The Morgan fingerprint density at radius 2 is 1.71 bits per heavy atom. The molecule has 1 aromatic rings. The van der Waals surface area contributed by atoms with E-state index in [1.807, 2.05) is 6.08 Å². The van der Waals surface area contributed by atoms with Crippen LogP contribution in [0.25, 0.3) is 0 Å². The van der Waals surface area contributed by atoms with E-state index in [4.69, 9.17) is 39.3 Å². The quantitative estimate of drug-likeness (QED) is 0.198. The maximum Gasteiger partial charge on any atom is 0.306 e. The normalized spacial score (nSPS) is 34.5. The summed E-state index contributed by atoms with van der Waals surface area (Å²) < 4.78 is 6.06. The van der Waals surface area contributed by atoms with Gasteiger partial charge in [-0.15, -0.1) is 12.4 Å². The molecule has 246 valence electrons. The van der Waals surface area contributed by atoms with E-state index in [1.165, 1.54) is 17.3 Å². The molecule has 1 amide bonds. The molecule has 45 heavy (non-hydrogen) atoms. The number of thioether (sulfide) groups is 1. The zero-order chi connectivity index (χ0) is 32.2. The Hall–Kier alpha value is -2.90. The predicted octanol–water partition coefficient (Wildman–Crippen LogP) is 3.98. The van der Waals surface area contributed by atoms with Crippen molar-refractivity contribution in [3.05, 3.63) is 22.5 Å². The second-order valence-corrected chi connectivity index (χ2v) is 14.9. The zero-order valence-corrected chi connectivity index (χ0v) is 28.0. The van der Waals surface area contributed by atoms with E-state index in [9.17, 15) is 19.2 Å². The number of hydrogen-bond acceptors (Lipinski definition) is 10. The van der Waals surface area contributed by atoms with Gasteiger partial charge < -0.3 is 27.7 Å². The highest BCUT2D eigenvalue weighted by atomic mass is 35.5. The minimum atomic E-state index is -0.832. The molecular weight excluding hydrogens is 641 g/mol. The Morgan fingerprint density at radius 3 is 2.33 bits per heavy atom. The van der Waals surface area contributed by atoms with Crippen molar-refractivity contribution >= 4 is 76.1 Å². The highest BCUT2D eigenvalue weighted by Gasteiger charge is 2.68. The van der Waals surface area contributed by atoms with Gasteiger partial charge in [-0.2, -0.15) is 4.99 Å². The number of carbonyl (C=O) groups excluding carboxylic acids is 4. The molecule has 15 heteroatoms. The minimum absolute atomic E-state index is 0. The smallest absolute Gasteiger partial charge is 0.306 e. The Labute approximate surface area is 277 Å². The number of nitrogens with two attached hydrogens (primary N) is 4. The monoisotopic (exact) mass is 681 g/mol. The summed E-state index contributed by atoms with van der Waals surface area (Å²) in [5.74, 6) is 0.170. The molecule has 0 radical (unpaired) electrons. The van der Waals surface area contributed by atoms with Crippen LogP contribution >= 0.6 is 35.8 Å². The van der Waals surface area contributed by atoms with Crippen LogP contribution in [0.1, 0.15) is 89.0 Å². The Morgan fingerprint density at radius 1 is 1.02 bits per heavy atom. The fourth-order valence-electron chi connectivity index (χ4n) is 8.90. The summed E-state index contributed by atoms with van der Waals surface area (Å²) in [7, 11) is 0. The van der Waals surface area contributed by atoms with Crippen LogP contribution in [-0.4, -0.2) is 49.6 Å². The molecule has 4 aliphatic carbocycles. The van der Waals surface area contributed by atoms with E-state index < -0.39 is 11.9 Å². The molecule has 1 aromatic heterocycles. The van der Waals surface area contributed by atoms with Crippen LogP contribution < -0.4 is 22.9 Å². The van der Waals surface area contributed by atoms with Crippen molar-refractivity contribution in [1.29, 1.82) is 0 Å². The first-order valence-corrected chi connectivity index (χ1v) is 16.2. The maximum absolute atomic E-state index is 12.2. The van der Waals surface area contributed by atoms with Crippen molar-refractivity contribution in [2.24, 2.45) is 45.0 Å². The third kappa shape index (κ3) is 6.15. The number of nitrogens with zero attached hydrogens (tertiary/aromatic N) is 3. The first kappa shape index (κ1) is 35.0. The van der Waals surface area contributed by atoms with E-state index in [0.29, 0.717) is 30.6 Å². The molecule has 5 aliphatic rings. The number of rotatable bonds is 2. The average Bonchev–Trinajstić information content (AvgIpc) is 3.46. The summed E-state index contributed by atoms with van der Waals surface area (Å²) in [6, 6.07) is 0. The molecule has 8 N–H and O–H groups in total. The van der Waals surface area contributed by atoms with Gasteiger partial charge in [-0.25, -0.2) is 9.97 Å². The van der Waals surface area contributed by atoms with E-state index >= 15 is 0 Å². The fraction of sp³-hybridized carbons (Fsp3) is 0.633. The molecule has 0 unspecified atom stereocenters. The third-order valence-electron chi connectivity index (χ3n) is 10.9. The first-order valence-electron chi connectivity index (χ1n) is 15.0. The number of anilines is 2. The van der Waals surface area contributed by atoms with Crippen LogP contribution in [0.4, 0.5) is 11.6 Å². The predicted molar refractivity (Wildman–Crippen MR) is 175 cm³/mol. The van der Waals surface area contributed by atoms with Gasteiger partial charge in [0.05, 0.1) is 0 Å². The lowest BCUT2D eigenvalue weighted by Gasteiger charge is -2.61. The Balaban J connectivity index is 0.000000246. The van der Waals surface area contributed by atoms with Gasteiger partial charge >= 0.3 is 11.9 Å². The zero-order valence-electron chi connectivity index (χ0n) is 25.6. The number of nitrogen functional groups attached to an aromatic ring is 2. The molecule has 7 atom stereocenters. The van der Waals surface area contributed by atoms with Crippen LogP contribution in [0, 0.1) is 28.6 Å². The summed E-state index contributed by atoms with van der Waals surface area (Å²) in [4.78, 5) is 58.2. The molecule has 1 aliphatic heterocycles. The van der Waals surface area contributed by atoms with Gasteiger partial charge in [0.2, 0.25) is 0 Å². The number of aromatic nitrogens is 2. The van der Waals surface area contributed by atoms with Crippen LogP contribution in [0.3, 0.4) is 0 Å². The molecule has 3 saturated carbocycles. The first-order chi connectivity index (χ1) is 20.6. The number of allylic oxidation sites excluding steroid dienone is 1. The van der Waals surface area contributed by atoms with Crippen LogP contribution in [0.2, 0.25) is 5.15 Å². The second kappa shape index (κ2) is 12.7. The van der Waals surface area contributed by atoms with Gasteiger partial charge in [0.1, 0.15) is 5.60 Å². The highest BCUT2D eigenvalue weighted by Crippen LogP contribution is 2.70. The van der Waals surface area contributed by atoms with Crippen LogP contribution in [0.15, 0.2) is 16.6 Å². The Bertz CT molecular complexity index is 1490. The molecule has 4 fully saturated rings. The summed E-state index contributed by atoms with van der Waals surface area (Å²) in [5.41, 5.74) is 21.6. The largest absolute Gasteiger partial charge is 0.458 e. The molecule has 0 aromatic carbocycles. The summed E-state index contributed by atoms with van der Waals surface area (Å²) in [6.07, 6.45) is 10.0. The summed E-state index contributed by atoms with van der Waals surface area (Å²) in [6.45, 7) is 6.42. The molecular formula is C30H41Cl2N7O5S. The van der Waals surface area contributed by atoms with Crippen molar-refractivity contribution in [3.63, 3.8) is 0 Å². The number of amides is 1. The fourth-order valence-corrected chi connectivity index (χ4v) is 10.3. The number of fused-ring (bicyclic) bond motifs is 6. The molecule has 12 nitrogen and oxygen atoms in total. The van der Waals surface area contributed by atoms with Crippen molar-refractivity contribution in [2.75, 3.05) is 11.5 Å². The summed E-state index contributed by atoms with van der Waals surface area (Å²) in [5, 5.41) is 0.269. The lowest BCUT2D eigenvalue weighted by Crippen LogP contribution is -2.57. The molecule has 0 bridgehead atoms. The number of hydrogen-bond donors (Lipinski definition) is 4. The lowest BCUT2D eigenvalue weighted by molar-refractivity contribution is -0.167. The van der Waals surface area contributed by atoms with E-state index in [-0.39, 0.29) is 73.4 Å². The highest BCUT2D eigenvalue weighted by molar-refractivity contribution is 8.14. The van der Waals surface area contributed by atoms with E-state index in [0.717, 1.165) is 44.9 Å². The van der Waals surface area contributed by atoms with Crippen molar-refractivity contribution in [1.82, 2.24) is 9.97 Å². The minimum Gasteiger partial charge on any atom is -0.458 e. The van der Waals surface area contributed by atoms with Gasteiger partial charge in [-0.1, -0.05) is 42.8 Å². The SMILES string of the molecule is CC(=O)S[C@@H]1CC2=CC(=O)CC[C@]2(C)[C@H]2CC[C@@]3(C)[C@@H](CC[C@@]34CCC(=O)O4)[C@H]12.Cl.NC(N)=NC(=O)c1nc(Cl)c(N)nc1N. The average molecular weight is 683 g/mol. The number of carbonyl (C=O) groups is 4. The van der Waals surface area contributed by atoms with E-state index in [2.05, 4.69) is 28.8 Å². The maximum atomic E-state index is 12.2. The lowest BCUT2D eigenvalue weighted by atomic mass is 9.46. The number of halogens is 2. The molecule has 2 heterocycles. The molecule has 1 spiro atoms. The van der Waals surface area contributed by atoms with Crippen molar-refractivity contribution < 1.29 is 23.9 Å². The van der Waals surface area contributed by atoms with Gasteiger partial charge in [0, 0.05) is 30.4 Å². The van der Waals surface area contributed by atoms with Crippen molar-refractivity contribution in [3.8, 4) is 0 Å². The van der Waals surface area contributed by atoms with Crippen LogP contribution in [-0.2, 0) is 19.1 Å². The second-order valence-electron chi connectivity index (χ2n) is 13.1. The number of aliphatic imine (C=N–C) groups is 1. The third-order valence-corrected chi connectivity index (χ3v) is 12.3. The number of ether oxygens (including phenoxy) is 1. The van der Waals surface area contributed by atoms with Crippen LogP contribution in [0.5, 0.6) is 0 Å². The molecule has 1 saturated heterocycles. The van der Waals surface area contributed by atoms with Gasteiger partial charge in [0.25, 0.3) is 0 Å². The van der Waals surface area contributed by atoms with E-state index in [1.54, 1.807) is 6.92 Å². The number of esters is 1. The summed E-state index contributed by atoms with van der Waals surface area (Å²) >= 11 is 7.05. The Kier molecular flexibility index (Phi) is 9.88.